The number of aromatic nitrogens is 1. The Kier molecular flexibility index (Phi) is 5.68. The molecule has 0 saturated heterocycles. The summed E-state index contributed by atoms with van der Waals surface area (Å²) in [6.07, 6.45) is 3.09. The van der Waals surface area contributed by atoms with Crippen LogP contribution in [0.5, 0.6) is 0 Å². The Hall–Kier alpha value is -3.14. The Morgan fingerprint density at radius 3 is 2.46 bits per heavy atom. The Morgan fingerprint density at radius 2 is 1.88 bits per heavy atom. The van der Waals surface area contributed by atoms with Crippen LogP contribution in [0.1, 0.15) is 17.3 Å². The Morgan fingerprint density at radius 1 is 1.21 bits per heavy atom. The molecule has 0 atom stereocenters. The maximum atomic E-state index is 11.1. The van der Waals surface area contributed by atoms with Crippen LogP contribution in [0.15, 0.2) is 67.3 Å². The van der Waals surface area contributed by atoms with E-state index in [0.717, 1.165) is 22.2 Å². The number of benzene rings is 2. The van der Waals surface area contributed by atoms with Crippen LogP contribution in [0.4, 0.5) is 0 Å². The third-order valence-corrected chi connectivity index (χ3v) is 3.49. The van der Waals surface area contributed by atoms with Crippen molar-refractivity contribution in [2.45, 2.75) is 13.5 Å². The van der Waals surface area contributed by atoms with Crippen LogP contribution in [0.3, 0.4) is 0 Å². The number of nitrogens with zero attached hydrogens (tertiary/aromatic N) is 1. The van der Waals surface area contributed by atoms with Gasteiger partial charge in [-0.1, -0.05) is 36.4 Å². The molecule has 24 heavy (non-hydrogen) atoms. The molecule has 3 aromatic rings. The number of carboxylic acid groups (broad SMARTS) is 1. The highest BCUT2D eigenvalue weighted by Crippen LogP contribution is 2.28. The van der Waals surface area contributed by atoms with Gasteiger partial charge >= 0.3 is 5.97 Å². The van der Waals surface area contributed by atoms with E-state index in [2.05, 4.69) is 6.58 Å². The number of aromatic carboxylic acids is 1. The molecule has 2 N–H and O–H groups in total. The third kappa shape index (κ3) is 3.60. The van der Waals surface area contributed by atoms with Gasteiger partial charge in [-0.15, -0.1) is 6.58 Å². The van der Waals surface area contributed by atoms with E-state index in [1.165, 1.54) is 6.21 Å². The van der Waals surface area contributed by atoms with Crippen LogP contribution in [0.25, 0.3) is 22.2 Å². The summed E-state index contributed by atoms with van der Waals surface area (Å²) < 4.78 is 2.02. The Labute approximate surface area is 141 Å². The lowest BCUT2D eigenvalue weighted by atomic mass is 10.1. The predicted molar refractivity (Wildman–Crippen MR) is 99.0 cm³/mol. The van der Waals surface area contributed by atoms with Crippen molar-refractivity contribution in [3.05, 3.63) is 72.8 Å². The molecular weight excluding hydrogens is 300 g/mol. The van der Waals surface area contributed by atoms with Crippen LogP contribution >= 0.6 is 0 Å². The van der Waals surface area contributed by atoms with Gasteiger partial charge in [-0.05, 0) is 36.8 Å². The van der Waals surface area contributed by atoms with E-state index in [1.807, 2.05) is 47.9 Å². The number of hydrogen-bond donors (Lipinski definition) is 2. The lowest BCUT2D eigenvalue weighted by Crippen LogP contribution is -2.01. The third-order valence-electron chi connectivity index (χ3n) is 3.49. The molecule has 1 aromatic heterocycles. The Balaban J connectivity index is 0.000000647. The standard InChI is InChI=1S/C17H14N2O2.C3H6/c18-8-9-19-15-7-6-13(17(20)21)10-14(15)11-16(19)12-4-2-1-3-5-12;1-3-2/h1-8,10-11,18H,9H2,(H,20,21);3H,1H2,2H3. The van der Waals surface area contributed by atoms with Crippen molar-refractivity contribution < 1.29 is 9.90 Å². The van der Waals surface area contributed by atoms with Gasteiger partial charge in [-0.25, -0.2) is 4.79 Å². The van der Waals surface area contributed by atoms with Crippen LogP contribution in [0, 0.1) is 5.41 Å². The fourth-order valence-electron chi connectivity index (χ4n) is 2.54. The SMILES string of the molecule is C=CC.N=CCn1c(-c2ccccc2)cc2cc(C(=O)O)ccc21. The maximum Gasteiger partial charge on any atom is 0.335 e. The average Bonchev–Trinajstić information content (AvgIpc) is 2.95. The Bertz CT molecular complexity index is 864. The molecule has 0 fully saturated rings. The second-order valence-corrected chi connectivity index (χ2v) is 5.20. The maximum absolute atomic E-state index is 11.1. The van der Waals surface area contributed by atoms with Gasteiger partial charge in [-0.3, -0.25) is 0 Å². The predicted octanol–water partition coefficient (Wildman–Crippen LogP) is 4.85. The molecular formula is C20H20N2O2. The summed E-state index contributed by atoms with van der Waals surface area (Å²) in [4.78, 5) is 11.1. The van der Waals surface area contributed by atoms with Crippen molar-refractivity contribution in [1.82, 2.24) is 4.57 Å². The van der Waals surface area contributed by atoms with Gasteiger partial charge in [0.05, 0.1) is 12.1 Å². The molecule has 1 heterocycles. The fraction of sp³-hybridized carbons (Fsp3) is 0.100. The molecule has 0 aliphatic rings. The van der Waals surface area contributed by atoms with E-state index < -0.39 is 5.97 Å². The number of nitrogens with one attached hydrogen (secondary N) is 1. The normalized spacial score (nSPS) is 9.88. The van der Waals surface area contributed by atoms with Crippen LogP contribution in [0.2, 0.25) is 0 Å². The smallest absolute Gasteiger partial charge is 0.335 e. The molecule has 3 rings (SSSR count). The summed E-state index contributed by atoms with van der Waals surface area (Å²) in [7, 11) is 0. The average molecular weight is 320 g/mol. The number of hydrogen-bond acceptors (Lipinski definition) is 2. The van der Waals surface area contributed by atoms with Crippen molar-refractivity contribution in [3.8, 4) is 11.3 Å². The highest BCUT2D eigenvalue weighted by molar-refractivity contribution is 5.96. The molecule has 0 radical (unpaired) electrons. The quantitative estimate of drug-likeness (QED) is 0.533. The molecule has 0 spiro atoms. The van der Waals surface area contributed by atoms with Crippen molar-refractivity contribution in [1.29, 1.82) is 5.41 Å². The van der Waals surface area contributed by atoms with E-state index in [-0.39, 0.29) is 5.56 Å². The molecule has 122 valence electrons. The summed E-state index contributed by atoms with van der Waals surface area (Å²) in [5.74, 6) is -0.932. The van der Waals surface area contributed by atoms with Gasteiger partial charge in [0.15, 0.2) is 0 Å². The van der Waals surface area contributed by atoms with Crippen molar-refractivity contribution in [2.24, 2.45) is 0 Å². The van der Waals surface area contributed by atoms with E-state index >= 15 is 0 Å². The molecule has 4 heteroatoms. The van der Waals surface area contributed by atoms with Gasteiger partial charge in [0.25, 0.3) is 0 Å². The lowest BCUT2D eigenvalue weighted by molar-refractivity contribution is 0.0697. The number of carbonyl (C=O) groups is 1. The zero-order valence-electron chi connectivity index (χ0n) is 13.6. The minimum Gasteiger partial charge on any atom is -0.478 e. The first-order valence-electron chi connectivity index (χ1n) is 7.60. The van der Waals surface area contributed by atoms with Crippen molar-refractivity contribution in [3.63, 3.8) is 0 Å². The highest BCUT2D eigenvalue weighted by atomic mass is 16.4. The summed E-state index contributed by atoms with van der Waals surface area (Å²) in [6.45, 7) is 5.71. The highest BCUT2D eigenvalue weighted by Gasteiger charge is 2.12. The number of rotatable bonds is 4. The molecule has 4 nitrogen and oxygen atoms in total. The van der Waals surface area contributed by atoms with Gasteiger partial charge in [0.1, 0.15) is 0 Å². The van der Waals surface area contributed by atoms with E-state index in [0.29, 0.717) is 6.54 Å². The molecule has 0 bridgehead atoms. The van der Waals surface area contributed by atoms with Crippen LogP contribution < -0.4 is 0 Å². The number of fused-ring (bicyclic) bond motifs is 1. The van der Waals surface area contributed by atoms with Crippen LogP contribution in [-0.4, -0.2) is 21.9 Å². The molecule has 2 aromatic carbocycles. The minimum absolute atomic E-state index is 0.272. The topological polar surface area (TPSA) is 66.1 Å². The van der Waals surface area contributed by atoms with Crippen LogP contribution in [-0.2, 0) is 6.54 Å². The summed E-state index contributed by atoms with van der Waals surface area (Å²) in [5.41, 5.74) is 3.24. The first-order chi connectivity index (χ1) is 11.6. The first-order valence-corrected chi connectivity index (χ1v) is 7.60. The zero-order chi connectivity index (χ0) is 17.5. The largest absolute Gasteiger partial charge is 0.478 e. The second kappa shape index (κ2) is 7.92. The van der Waals surface area contributed by atoms with Gasteiger partial charge in [-0.2, -0.15) is 0 Å². The van der Waals surface area contributed by atoms with Crippen molar-refractivity contribution in [2.75, 3.05) is 0 Å². The zero-order valence-corrected chi connectivity index (χ0v) is 13.6. The molecule has 0 aliphatic carbocycles. The number of carboxylic acids is 1. The van der Waals surface area contributed by atoms with Gasteiger partial charge in [0, 0.05) is 22.8 Å². The second-order valence-electron chi connectivity index (χ2n) is 5.20. The summed E-state index contributed by atoms with van der Waals surface area (Å²) in [5, 5.41) is 17.4. The molecule has 0 aliphatic heterocycles. The van der Waals surface area contributed by atoms with E-state index in [9.17, 15) is 4.79 Å². The minimum atomic E-state index is -0.932. The van der Waals surface area contributed by atoms with E-state index in [4.69, 9.17) is 10.5 Å². The monoisotopic (exact) mass is 320 g/mol. The van der Waals surface area contributed by atoms with Gasteiger partial charge in [0.2, 0.25) is 0 Å². The molecule has 0 amide bonds. The number of allylic oxidation sites excluding steroid dienone is 1. The first kappa shape index (κ1) is 17.2. The molecule has 0 unspecified atom stereocenters. The summed E-state index contributed by atoms with van der Waals surface area (Å²) >= 11 is 0. The summed E-state index contributed by atoms with van der Waals surface area (Å²) in [6, 6.07) is 16.9. The molecule has 0 saturated carbocycles. The lowest BCUT2D eigenvalue weighted by Gasteiger charge is -2.08. The van der Waals surface area contributed by atoms with Crippen molar-refractivity contribution >= 4 is 23.1 Å². The van der Waals surface area contributed by atoms with Gasteiger partial charge < -0.3 is 15.1 Å². The van der Waals surface area contributed by atoms with E-state index in [1.54, 1.807) is 24.3 Å². The fourth-order valence-corrected chi connectivity index (χ4v) is 2.54.